The van der Waals surface area contributed by atoms with Gasteiger partial charge in [0.2, 0.25) is 0 Å². The Morgan fingerprint density at radius 3 is 2.50 bits per heavy atom. The number of para-hydroxylation sites is 2. The third-order valence-electron chi connectivity index (χ3n) is 4.67. The highest BCUT2D eigenvalue weighted by Gasteiger charge is 2.14. The van der Waals surface area contributed by atoms with Crippen molar-refractivity contribution in [2.75, 3.05) is 0 Å². The zero-order valence-electron chi connectivity index (χ0n) is 16.9. The normalized spacial score (nSPS) is 13.5. The number of fused-ring (bicyclic) bond motifs is 3. The number of nitrogens with zero attached hydrogens (tertiary/aromatic N) is 1. The third-order valence-corrected chi connectivity index (χ3v) is 4.67. The molecule has 0 fully saturated rings. The lowest BCUT2D eigenvalue weighted by atomic mass is 9.97. The van der Waals surface area contributed by atoms with Crippen LogP contribution in [0.5, 0.6) is 0 Å². The van der Waals surface area contributed by atoms with Crippen LogP contribution in [-0.4, -0.2) is 4.98 Å². The van der Waals surface area contributed by atoms with E-state index in [1.807, 2.05) is 78.9 Å². The summed E-state index contributed by atoms with van der Waals surface area (Å²) >= 11 is 0. The Morgan fingerprint density at radius 2 is 1.62 bits per heavy atom. The molecule has 3 aromatic carbocycles. The molecule has 0 bridgehead atoms. The first kappa shape index (κ1) is 12.0. The molecule has 2 aromatic heterocycles. The highest BCUT2D eigenvalue weighted by molar-refractivity contribution is 6.09. The van der Waals surface area contributed by atoms with E-state index < -0.39 is 6.85 Å². The number of pyridine rings is 1. The summed E-state index contributed by atoms with van der Waals surface area (Å²) in [5.41, 5.74) is 4.70. The molecule has 0 saturated carbocycles. The van der Waals surface area contributed by atoms with Gasteiger partial charge in [0.25, 0.3) is 0 Å². The van der Waals surface area contributed by atoms with Crippen LogP contribution in [0.25, 0.3) is 44.3 Å². The molecule has 0 spiro atoms. The molecular weight excluding hydrogens is 318 g/mol. The summed E-state index contributed by atoms with van der Waals surface area (Å²) in [6, 6.07) is 25.3. The van der Waals surface area contributed by atoms with Gasteiger partial charge in [-0.25, -0.2) is 0 Å². The van der Waals surface area contributed by atoms with Gasteiger partial charge in [-0.15, -0.1) is 0 Å². The number of furan rings is 1. The van der Waals surface area contributed by atoms with Gasteiger partial charge in [0.15, 0.2) is 0 Å². The predicted molar refractivity (Wildman–Crippen MR) is 107 cm³/mol. The number of benzene rings is 3. The molecule has 0 unspecified atom stereocenters. The third kappa shape index (κ3) is 2.31. The van der Waals surface area contributed by atoms with Gasteiger partial charge in [0.05, 0.1) is 5.69 Å². The van der Waals surface area contributed by atoms with Crippen LogP contribution in [0.3, 0.4) is 0 Å². The Balaban J connectivity index is 1.82. The second kappa shape index (κ2) is 5.85. The van der Waals surface area contributed by atoms with Crippen LogP contribution in [-0.2, 0) is 0 Å². The summed E-state index contributed by atoms with van der Waals surface area (Å²) in [5.74, 6) is 0. The Hall–Kier alpha value is -3.39. The SMILES string of the molecule is [2H]C([2H])([2H])c1cnc(-c2ccccc2)cc1-c1cccc2c1oc1ccccc12. The molecule has 0 saturated heterocycles. The Morgan fingerprint density at radius 1 is 0.808 bits per heavy atom. The smallest absolute Gasteiger partial charge is 0.143 e. The fraction of sp³-hybridized carbons (Fsp3) is 0.0417. The topological polar surface area (TPSA) is 26.0 Å². The van der Waals surface area contributed by atoms with Gasteiger partial charge in [0, 0.05) is 32.2 Å². The zero-order valence-corrected chi connectivity index (χ0v) is 13.9. The molecule has 0 N–H and O–H groups in total. The second-order valence-electron chi connectivity index (χ2n) is 6.26. The lowest BCUT2D eigenvalue weighted by Gasteiger charge is -2.09. The van der Waals surface area contributed by atoms with Gasteiger partial charge >= 0.3 is 0 Å². The first-order valence-electron chi connectivity index (χ1n) is 9.99. The Bertz CT molecular complexity index is 1340. The minimum atomic E-state index is -2.29. The van der Waals surface area contributed by atoms with E-state index >= 15 is 0 Å². The number of hydrogen-bond donors (Lipinski definition) is 0. The van der Waals surface area contributed by atoms with E-state index in [0.29, 0.717) is 11.1 Å². The maximum atomic E-state index is 8.02. The molecule has 0 aliphatic rings. The maximum Gasteiger partial charge on any atom is 0.143 e. The molecule has 0 atom stereocenters. The number of rotatable bonds is 2. The lowest BCUT2D eigenvalue weighted by molar-refractivity contribution is 0.670. The van der Waals surface area contributed by atoms with Crippen molar-refractivity contribution in [3.05, 3.63) is 90.6 Å². The molecule has 0 radical (unpaired) electrons. The van der Waals surface area contributed by atoms with Crippen LogP contribution in [0, 0.1) is 6.85 Å². The van der Waals surface area contributed by atoms with Gasteiger partial charge in [-0.3, -0.25) is 4.98 Å². The van der Waals surface area contributed by atoms with E-state index in [2.05, 4.69) is 4.98 Å². The largest absolute Gasteiger partial charge is 0.455 e. The molecule has 26 heavy (non-hydrogen) atoms. The molecule has 2 heterocycles. The van der Waals surface area contributed by atoms with Gasteiger partial charge in [-0.1, -0.05) is 66.7 Å². The molecule has 5 aromatic rings. The lowest BCUT2D eigenvalue weighted by Crippen LogP contribution is -1.90. The number of aryl methyl sites for hydroxylation is 1. The predicted octanol–water partition coefficient (Wildman–Crippen LogP) is 6.62. The minimum absolute atomic E-state index is 0.213. The van der Waals surface area contributed by atoms with Gasteiger partial charge in [-0.2, -0.15) is 0 Å². The van der Waals surface area contributed by atoms with Crippen LogP contribution in [0.1, 0.15) is 9.68 Å². The summed E-state index contributed by atoms with van der Waals surface area (Å²) in [7, 11) is 0. The quantitative estimate of drug-likeness (QED) is 0.361. The summed E-state index contributed by atoms with van der Waals surface area (Å²) in [6.45, 7) is -2.29. The van der Waals surface area contributed by atoms with Crippen molar-refractivity contribution in [1.82, 2.24) is 4.98 Å². The van der Waals surface area contributed by atoms with E-state index in [1.165, 1.54) is 6.20 Å². The maximum absolute atomic E-state index is 8.02. The standard InChI is InChI=1S/C24H17NO/c1-16-15-25-22(17-8-3-2-4-9-17)14-21(16)20-12-7-11-19-18-10-5-6-13-23(18)26-24(19)20/h2-15H,1H3/i1D3. The van der Waals surface area contributed by atoms with E-state index in [1.54, 1.807) is 0 Å². The first-order valence-corrected chi connectivity index (χ1v) is 8.49. The van der Waals surface area contributed by atoms with Crippen molar-refractivity contribution < 1.29 is 8.53 Å². The van der Waals surface area contributed by atoms with Gasteiger partial charge in [0.1, 0.15) is 11.2 Å². The summed E-state index contributed by atoms with van der Waals surface area (Å²) in [5, 5.41) is 1.98. The van der Waals surface area contributed by atoms with E-state index in [9.17, 15) is 0 Å². The minimum Gasteiger partial charge on any atom is -0.455 e. The molecule has 124 valence electrons. The van der Waals surface area contributed by atoms with Crippen LogP contribution < -0.4 is 0 Å². The fourth-order valence-electron chi connectivity index (χ4n) is 3.40. The van der Waals surface area contributed by atoms with Crippen molar-refractivity contribution in [3.8, 4) is 22.4 Å². The van der Waals surface area contributed by atoms with Crippen molar-refractivity contribution in [2.45, 2.75) is 6.85 Å². The molecule has 0 aliphatic carbocycles. The highest BCUT2D eigenvalue weighted by atomic mass is 16.3. The van der Waals surface area contributed by atoms with Crippen molar-refractivity contribution >= 4 is 21.9 Å². The number of aromatic nitrogens is 1. The van der Waals surface area contributed by atoms with E-state index in [4.69, 9.17) is 8.53 Å². The van der Waals surface area contributed by atoms with E-state index in [-0.39, 0.29) is 5.56 Å². The summed E-state index contributed by atoms with van der Waals surface area (Å²) in [4.78, 5) is 4.43. The average molecular weight is 338 g/mol. The summed E-state index contributed by atoms with van der Waals surface area (Å²) in [6.07, 6.45) is 1.46. The van der Waals surface area contributed by atoms with Crippen LogP contribution >= 0.6 is 0 Å². The van der Waals surface area contributed by atoms with Crippen molar-refractivity contribution in [3.63, 3.8) is 0 Å². The fourth-order valence-corrected chi connectivity index (χ4v) is 3.40. The van der Waals surface area contributed by atoms with Crippen LogP contribution in [0.4, 0.5) is 0 Å². The zero-order chi connectivity index (χ0) is 20.0. The van der Waals surface area contributed by atoms with Crippen molar-refractivity contribution in [1.29, 1.82) is 0 Å². The molecule has 5 rings (SSSR count). The summed E-state index contributed by atoms with van der Waals surface area (Å²) < 4.78 is 30.2. The molecule has 2 nitrogen and oxygen atoms in total. The van der Waals surface area contributed by atoms with Gasteiger partial charge in [-0.05, 0) is 30.1 Å². The van der Waals surface area contributed by atoms with Gasteiger partial charge < -0.3 is 4.42 Å². The molecule has 0 aliphatic heterocycles. The monoisotopic (exact) mass is 338 g/mol. The molecular formula is C24H17NO. The van der Waals surface area contributed by atoms with Crippen LogP contribution in [0.15, 0.2) is 89.5 Å². The average Bonchev–Trinajstić information content (AvgIpc) is 3.12. The Kier molecular flexibility index (Phi) is 2.71. The Labute approximate surface area is 156 Å². The first-order chi connectivity index (χ1) is 14.0. The highest BCUT2D eigenvalue weighted by Crippen LogP contribution is 2.37. The number of hydrogen-bond acceptors (Lipinski definition) is 2. The van der Waals surface area contributed by atoms with Crippen molar-refractivity contribution in [2.24, 2.45) is 0 Å². The van der Waals surface area contributed by atoms with E-state index in [0.717, 1.165) is 33.2 Å². The molecule has 0 amide bonds. The van der Waals surface area contributed by atoms with Crippen LogP contribution in [0.2, 0.25) is 0 Å². The molecule has 2 heteroatoms. The second-order valence-corrected chi connectivity index (χ2v) is 6.26.